The van der Waals surface area contributed by atoms with Crippen molar-refractivity contribution in [3.05, 3.63) is 116 Å². The summed E-state index contributed by atoms with van der Waals surface area (Å²) in [6.45, 7) is 5.74. The van der Waals surface area contributed by atoms with Crippen LogP contribution in [0.25, 0.3) is 11.1 Å². The molecule has 5 rings (SSSR count). The number of nitrogens with zero attached hydrogens (tertiary/aromatic N) is 5. The van der Waals surface area contributed by atoms with Gasteiger partial charge in [0.25, 0.3) is 11.2 Å². The Morgan fingerprint density at radius 2 is 1.87 bits per heavy atom. The third-order valence-electron chi connectivity index (χ3n) is 7.05. The van der Waals surface area contributed by atoms with E-state index in [2.05, 4.69) is 23.4 Å². The first-order chi connectivity index (χ1) is 18.7. The molecule has 0 N–H and O–H groups in total. The van der Waals surface area contributed by atoms with Gasteiger partial charge in [0.15, 0.2) is 0 Å². The van der Waals surface area contributed by atoms with Gasteiger partial charge in [-0.05, 0) is 29.3 Å². The Morgan fingerprint density at radius 3 is 2.56 bits per heavy atom. The minimum absolute atomic E-state index is 0.154. The van der Waals surface area contributed by atoms with Crippen molar-refractivity contribution in [2.45, 2.75) is 45.3 Å². The Labute approximate surface area is 230 Å². The fourth-order valence-electron chi connectivity index (χ4n) is 5.12. The molecule has 4 aromatic rings. The molecule has 10 heteroatoms. The summed E-state index contributed by atoms with van der Waals surface area (Å²) >= 11 is 6.10. The Balaban J connectivity index is 1.50. The van der Waals surface area contributed by atoms with Crippen molar-refractivity contribution in [1.82, 2.24) is 19.0 Å². The molecule has 0 spiro atoms. The highest BCUT2D eigenvalue weighted by Crippen LogP contribution is 2.32. The van der Waals surface area contributed by atoms with Crippen molar-refractivity contribution in [1.29, 1.82) is 0 Å². The number of hydrogen-bond donors (Lipinski definition) is 0. The lowest BCUT2D eigenvalue weighted by atomic mass is 10.0. The number of benzene rings is 2. The van der Waals surface area contributed by atoms with Crippen LogP contribution in [0.15, 0.2) is 77.9 Å². The van der Waals surface area contributed by atoms with Crippen LogP contribution in [0.3, 0.4) is 0 Å². The maximum atomic E-state index is 14.0. The van der Waals surface area contributed by atoms with Gasteiger partial charge < -0.3 is 14.0 Å². The molecule has 0 radical (unpaired) electrons. The number of nitro benzene ring substituents is 1. The van der Waals surface area contributed by atoms with E-state index in [-0.39, 0.29) is 23.1 Å². The van der Waals surface area contributed by atoms with E-state index >= 15 is 0 Å². The molecule has 2 aromatic heterocycles. The molecule has 0 saturated heterocycles. The number of amides is 1. The molecule has 9 nitrogen and oxygen atoms in total. The van der Waals surface area contributed by atoms with Gasteiger partial charge in [0, 0.05) is 48.8 Å². The lowest BCUT2D eigenvalue weighted by molar-refractivity contribution is -0.384. The first-order valence-corrected chi connectivity index (χ1v) is 13.1. The van der Waals surface area contributed by atoms with Crippen molar-refractivity contribution >= 4 is 23.2 Å². The predicted molar refractivity (Wildman–Crippen MR) is 149 cm³/mol. The van der Waals surface area contributed by atoms with Gasteiger partial charge in [0.2, 0.25) is 5.91 Å². The molecule has 0 bridgehead atoms. The monoisotopic (exact) mass is 545 g/mol. The van der Waals surface area contributed by atoms with Crippen LogP contribution >= 0.6 is 11.6 Å². The number of aromatic nitrogens is 3. The summed E-state index contributed by atoms with van der Waals surface area (Å²) < 4.78 is 3.58. The Hall–Kier alpha value is -4.24. The summed E-state index contributed by atoms with van der Waals surface area (Å²) in [5, 5.41) is 11.9. The molecule has 1 amide bonds. The zero-order chi connectivity index (χ0) is 27.7. The first kappa shape index (κ1) is 26.4. The number of fused-ring (bicyclic) bond motifs is 1. The van der Waals surface area contributed by atoms with E-state index in [9.17, 15) is 19.7 Å². The molecule has 0 aliphatic carbocycles. The maximum Gasteiger partial charge on any atom is 0.277 e. The van der Waals surface area contributed by atoms with Crippen molar-refractivity contribution < 1.29 is 9.72 Å². The van der Waals surface area contributed by atoms with E-state index in [1.165, 1.54) is 28.8 Å². The smallest absolute Gasteiger partial charge is 0.277 e. The molecule has 3 heterocycles. The Kier molecular flexibility index (Phi) is 7.34. The topological polar surface area (TPSA) is 103 Å². The largest absolute Gasteiger partial charge is 0.333 e. The Bertz CT molecular complexity index is 1590. The van der Waals surface area contributed by atoms with Crippen LogP contribution in [0.2, 0.25) is 5.02 Å². The highest BCUT2D eigenvalue weighted by Gasteiger charge is 2.31. The number of carbonyl (C=O) groups is 1. The SMILES string of the molecule is CC(C)c1ncc2n1CCN(C(=O)C(Cc1ccccc1)n1ccc(-c3cc(Cl)ccc3[N+](=O)[O-])cc1=O)C2. The van der Waals surface area contributed by atoms with Crippen LogP contribution < -0.4 is 5.56 Å². The minimum Gasteiger partial charge on any atom is -0.333 e. The van der Waals surface area contributed by atoms with E-state index in [0.29, 0.717) is 36.6 Å². The van der Waals surface area contributed by atoms with Crippen molar-refractivity contribution in [2.24, 2.45) is 0 Å². The Morgan fingerprint density at radius 1 is 1.10 bits per heavy atom. The summed E-state index contributed by atoms with van der Waals surface area (Å²) in [7, 11) is 0. The van der Waals surface area contributed by atoms with Crippen LogP contribution in [0.1, 0.15) is 42.9 Å². The van der Waals surface area contributed by atoms with Gasteiger partial charge in [-0.15, -0.1) is 0 Å². The fraction of sp³-hybridized carbons (Fsp3) is 0.276. The summed E-state index contributed by atoms with van der Waals surface area (Å²) in [5.74, 6) is 1.11. The second-order valence-electron chi connectivity index (χ2n) is 9.96. The summed E-state index contributed by atoms with van der Waals surface area (Å²) in [5.41, 5.74) is 1.90. The maximum absolute atomic E-state index is 14.0. The molecule has 200 valence electrons. The average Bonchev–Trinajstić information content (AvgIpc) is 3.36. The van der Waals surface area contributed by atoms with E-state index in [1.807, 2.05) is 36.5 Å². The number of halogens is 1. The lowest BCUT2D eigenvalue weighted by Crippen LogP contribution is -2.44. The summed E-state index contributed by atoms with van der Waals surface area (Å²) in [4.78, 5) is 44.8. The molecule has 39 heavy (non-hydrogen) atoms. The van der Waals surface area contributed by atoms with E-state index in [0.717, 1.165) is 17.1 Å². The molecule has 1 atom stereocenters. The number of pyridine rings is 1. The quantitative estimate of drug-likeness (QED) is 0.234. The van der Waals surface area contributed by atoms with Gasteiger partial charge in [0.05, 0.1) is 28.9 Å². The normalized spacial score (nSPS) is 13.8. The molecule has 1 aliphatic heterocycles. The van der Waals surface area contributed by atoms with Crippen LogP contribution in [0, 0.1) is 10.1 Å². The van der Waals surface area contributed by atoms with Gasteiger partial charge >= 0.3 is 0 Å². The zero-order valence-corrected chi connectivity index (χ0v) is 22.4. The molecule has 2 aromatic carbocycles. The fourth-order valence-corrected chi connectivity index (χ4v) is 5.29. The average molecular weight is 546 g/mol. The number of imidazole rings is 1. The molecule has 0 fully saturated rings. The van der Waals surface area contributed by atoms with Crippen molar-refractivity contribution in [3.63, 3.8) is 0 Å². The van der Waals surface area contributed by atoms with Crippen molar-refractivity contribution in [3.8, 4) is 11.1 Å². The molecular weight excluding hydrogens is 518 g/mol. The standard InChI is InChI=1S/C29H28ClN5O4/c1-19(2)28-31-17-23-18-32(12-13-33(23)28)29(37)26(14-20-6-4-3-5-7-20)34-11-10-21(15-27(34)36)24-16-22(30)8-9-25(24)35(38)39/h3-11,15-17,19,26H,12-14,18H2,1-2H3. The molecule has 0 saturated carbocycles. The van der Waals surface area contributed by atoms with Crippen molar-refractivity contribution in [2.75, 3.05) is 6.54 Å². The number of nitro groups is 1. The predicted octanol–water partition coefficient (Wildman–Crippen LogP) is 5.22. The first-order valence-electron chi connectivity index (χ1n) is 12.8. The summed E-state index contributed by atoms with van der Waals surface area (Å²) in [6.07, 6.45) is 3.68. The van der Waals surface area contributed by atoms with Crippen LogP contribution in [0.4, 0.5) is 5.69 Å². The third kappa shape index (κ3) is 5.35. The van der Waals surface area contributed by atoms with E-state index < -0.39 is 16.5 Å². The van der Waals surface area contributed by atoms with Gasteiger partial charge in [-0.25, -0.2) is 4.98 Å². The molecule has 1 aliphatic rings. The van der Waals surface area contributed by atoms with Crippen LogP contribution in [-0.2, 0) is 24.3 Å². The second kappa shape index (κ2) is 10.9. The van der Waals surface area contributed by atoms with Gasteiger partial charge in [-0.2, -0.15) is 0 Å². The number of carbonyl (C=O) groups excluding carboxylic acids is 1. The molecular formula is C29H28ClN5O4. The number of hydrogen-bond acceptors (Lipinski definition) is 5. The highest BCUT2D eigenvalue weighted by molar-refractivity contribution is 6.31. The lowest BCUT2D eigenvalue weighted by Gasteiger charge is -2.33. The summed E-state index contributed by atoms with van der Waals surface area (Å²) in [6, 6.07) is 15.9. The second-order valence-corrected chi connectivity index (χ2v) is 10.4. The zero-order valence-electron chi connectivity index (χ0n) is 21.7. The van der Waals surface area contributed by atoms with Gasteiger partial charge in [0.1, 0.15) is 11.9 Å². The van der Waals surface area contributed by atoms with E-state index in [4.69, 9.17) is 11.6 Å². The highest BCUT2D eigenvalue weighted by atomic mass is 35.5. The van der Waals surface area contributed by atoms with Crippen LogP contribution in [-0.4, -0.2) is 36.4 Å². The van der Waals surface area contributed by atoms with E-state index in [1.54, 1.807) is 17.2 Å². The minimum atomic E-state index is -0.790. The number of rotatable bonds is 7. The van der Waals surface area contributed by atoms with Gasteiger partial charge in [-0.3, -0.25) is 19.7 Å². The molecule has 1 unspecified atom stereocenters. The third-order valence-corrected chi connectivity index (χ3v) is 7.29. The van der Waals surface area contributed by atoms with Crippen LogP contribution in [0.5, 0.6) is 0 Å². The van der Waals surface area contributed by atoms with Gasteiger partial charge in [-0.1, -0.05) is 55.8 Å².